The Kier molecular flexibility index (Phi) is 4.55. The van der Waals surface area contributed by atoms with E-state index in [1.807, 2.05) is 24.3 Å². The van der Waals surface area contributed by atoms with Crippen molar-refractivity contribution in [2.75, 3.05) is 13.2 Å². The summed E-state index contributed by atoms with van der Waals surface area (Å²) in [5, 5.41) is 2.71. The van der Waals surface area contributed by atoms with Crippen LogP contribution in [0.3, 0.4) is 0 Å². The number of benzene rings is 1. The maximum absolute atomic E-state index is 10.5. The van der Waals surface area contributed by atoms with Gasteiger partial charge >= 0.3 is 0 Å². The van der Waals surface area contributed by atoms with E-state index in [-0.39, 0.29) is 5.91 Å². The maximum atomic E-state index is 10.5. The summed E-state index contributed by atoms with van der Waals surface area (Å²) in [6, 6.07) is 10.2. The zero-order chi connectivity index (χ0) is 10.2. The Balaban J connectivity index is 2.08. The average molecular weight is 192 g/mol. The minimum absolute atomic E-state index is 0.000638. The Morgan fingerprint density at radius 3 is 2.86 bits per heavy atom. The van der Waals surface area contributed by atoms with E-state index in [2.05, 4.69) is 11.4 Å². The highest BCUT2D eigenvalue weighted by Gasteiger charge is 1.92. The molecule has 1 rings (SSSR count). The summed E-state index contributed by atoms with van der Waals surface area (Å²) < 4.78 is 5.42. The molecule has 1 aromatic carbocycles. The van der Waals surface area contributed by atoms with Crippen molar-refractivity contribution >= 4 is 5.91 Å². The summed E-state index contributed by atoms with van der Waals surface area (Å²) in [4.78, 5) is 10.5. The topological polar surface area (TPSA) is 38.3 Å². The third-order valence-electron chi connectivity index (χ3n) is 1.65. The highest BCUT2D eigenvalue weighted by atomic mass is 16.5. The second kappa shape index (κ2) is 6.02. The summed E-state index contributed by atoms with van der Waals surface area (Å²) in [7, 11) is 0. The third kappa shape index (κ3) is 4.50. The number of ether oxygens (including phenoxy) is 1. The predicted octanol–water partition coefficient (Wildman–Crippen LogP) is 1.39. The summed E-state index contributed by atoms with van der Waals surface area (Å²) in [6.07, 6.45) is 0.818. The minimum Gasteiger partial charge on any atom is -0.494 e. The van der Waals surface area contributed by atoms with E-state index in [1.54, 1.807) is 0 Å². The van der Waals surface area contributed by atoms with Crippen molar-refractivity contribution in [3.05, 3.63) is 30.3 Å². The first-order valence-electron chi connectivity index (χ1n) is 4.62. The van der Waals surface area contributed by atoms with Crippen molar-refractivity contribution in [2.24, 2.45) is 0 Å². The van der Waals surface area contributed by atoms with Gasteiger partial charge in [-0.2, -0.15) is 0 Å². The van der Waals surface area contributed by atoms with Crippen LogP contribution in [0.1, 0.15) is 13.3 Å². The van der Waals surface area contributed by atoms with Gasteiger partial charge in [-0.05, 0) is 24.6 Å². The van der Waals surface area contributed by atoms with Gasteiger partial charge in [0.05, 0.1) is 6.61 Å². The molecule has 0 unspecified atom stereocenters. The van der Waals surface area contributed by atoms with Gasteiger partial charge in [-0.15, -0.1) is 0 Å². The van der Waals surface area contributed by atoms with Gasteiger partial charge in [0.15, 0.2) is 0 Å². The van der Waals surface area contributed by atoms with Gasteiger partial charge in [0.25, 0.3) is 0 Å². The van der Waals surface area contributed by atoms with E-state index in [0.717, 1.165) is 12.2 Å². The van der Waals surface area contributed by atoms with Gasteiger partial charge < -0.3 is 10.1 Å². The van der Waals surface area contributed by atoms with Crippen LogP contribution in [0, 0.1) is 6.07 Å². The molecule has 0 saturated carbocycles. The first kappa shape index (κ1) is 10.6. The molecule has 0 fully saturated rings. The lowest BCUT2D eigenvalue weighted by molar-refractivity contribution is -0.118. The first-order valence-corrected chi connectivity index (χ1v) is 4.62. The summed E-state index contributed by atoms with van der Waals surface area (Å²) in [5.74, 6) is 0.839. The van der Waals surface area contributed by atoms with Crippen LogP contribution in [0.4, 0.5) is 0 Å². The largest absolute Gasteiger partial charge is 0.494 e. The highest BCUT2D eigenvalue weighted by molar-refractivity contribution is 5.72. The molecule has 0 saturated heterocycles. The van der Waals surface area contributed by atoms with Crippen molar-refractivity contribution in [3.8, 4) is 5.75 Å². The zero-order valence-electron chi connectivity index (χ0n) is 8.25. The number of amides is 1. The van der Waals surface area contributed by atoms with E-state index in [1.165, 1.54) is 6.92 Å². The Morgan fingerprint density at radius 1 is 1.50 bits per heavy atom. The molecule has 0 atom stereocenters. The van der Waals surface area contributed by atoms with Crippen molar-refractivity contribution in [1.29, 1.82) is 0 Å². The Morgan fingerprint density at radius 2 is 2.21 bits per heavy atom. The van der Waals surface area contributed by atoms with Crippen molar-refractivity contribution in [1.82, 2.24) is 5.32 Å². The van der Waals surface area contributed by atoms with Crippen LogP contribution in [0.15, 0.2) is 24.3 Å². The highest BCUT2D eigenvalue weighted by Crippen LogP contribution is 2.07. The second-order valence-electron chi connectivity index (χ2n) is 2.92. The molecule has 75 valence electrons. The lowest BCUT2D eigenvalue weighted by atomic mass is 10.3. The second-order valence-corrected chi connectivity index (χ2v) is 2.92. The van der Waals surface area contributed by atoms with Crippen molar-refractivity contribution in [2.45, 2.75) is 13.3 Å². The minimum atomic E-state index is -0.000638. The van der Waals surface area contributed by atoms with Crippen LogP contribution in [0.2, 0.25) is 0 Å². The van der Waals surface area contributed by atoms with Crippen molar-refractivity contribution in [3.63, 3.8) is 0 Å². The lowest BCUT2D eigenvalue weighted by Gasteiger charge is -2.05. The molecular formula is C11H14NO2. The fourth-order valence-corrected chi connectivity index (χ4v) is 0.994. The van der Waals surface area contributed by atoms with E-state index >= 15 is 0 Å². The van der Waals surface area contributed by atoms with E-state index in [0.29, 0.717) is 13.2 Å². The molecule has 3 nitrogen and oxygen atoms in total. The van der Waals surface area contributed by atoms with E-state index in [4.69, 9.17) is 4.74 Å². The van der Waals surface area contributed by atoms with E-state index < -0.39 is 0 Å². The maximum Gasteiger partial charge on any atom is 0.216 e. The summed E-state index contributed by atoms with van der Waals surface area (Å²) >= 11 is 0. The number of carbonyl (C=O) groups is 1. The van der Waals surface area contributed by atoms with Gasteiger partial charge in [-0.1, -0.05) is 12.1 Å². The molecule has 0 heterocycles. The van der Waals surface area contributed by atoms with Crippen LogP contribution in [-0.2, 0) is 4.79 Å². The molecule has 0 bridgehead atoms. The monoisotopic (exact) mass is 192 g/mol. The van der Waals surface area contributed by atoms with Gasteiger partial charge in [0.2, 0.25) is 5.91 Å². The molecule has 0 aliphatic rings. The van der Waals surface area contributed by atoms with Crippen LogP contribution in [0.25, 0.3) is 0 Å². The molecule has 1 amide bonds. The fourth-order valence-electron chi connectivity index (χ4n) is 0.994. The average Bonchev–Trinajstić information content (AvgIpc) is 2.18. The van der Waals surface area contributed by atoms with Gasteiger partial charge in [0.1, 0.15) is 5.75 Å². The number of rotatable bonds is 5. The summed E-state index contributed by atoms with van der Waals surface area (Å²) in [5.41, 5.74) is 0. The van der Waals surface area contributed by atoms with Gasteiger partial charge in [-0.25, -0.2) is 0 Å². The molecular weight excluding hydrogens is 178 g/mol. The first-order chi connectivity index (χ1) is 6.79. The molecule has 1 N–H and O–H groups in total. The van der Waals surface area contributed by atoms with Gasteiger partial charge in [0, 0.05) is 13.5 Å². The molecule has 1 aromatic rings. The molecule has 14 heavy (non-hydrogen) atoms. The fraction of sp³-hybridized carbons (Fsp3) is 0.364. The number of nitrogens with one attached hydrogen (secondary N) is 1. The standard InChI is InChI=1S/C11H14NO2/c1-10(13)12-8-5-9-14-11-6-3-2-4-7-11/h3-4,6-7H,5,8-9H2,1H3,(H,12,13). The van der Waals surface area contributed by atoms with Crippen LogP contribution >= 0.6 is 0 Å². The number of hydrogen-bond donors (Lipinski definition) is 1. The van der Waals surface area contributed by atoms with Gasteiger partial charge in [-0.3, -0.25) is 4.79 Å². The Labute approximate surface area is 84.1 Å². The predicted molar refractivity (Wildman–Crippen MR) is 54.1 cm³/mol. The molecule has 0 spiro atoms. The van der Waals surface area contributed by atoms with Crippen LogP contribution in [0.5, 0.6) is 5.75 Å². The molecule has 3 heteroatoms. The number of carbonyl (C=O) groups excluding carboxylic acids is 1. The van der Waals surface area contributed by atoms with Crippen LogP contribution in [-0.4, -0.2) is 19.1 Å². The van der Waals surface area contributed by atoms with E-state index in [9.17, 15) is 4.79 Å². The third-order valence-corrected chi connectivity index (χ3v) is 1.65. The molecule has 0 aliphatic heterocycles. The smallest absolute Gasteiger partial charge is 0.216 e. The Hall–Kier alpha value is -1.51. The molecule has 1 radical (unpaired) electrons. The molecule has 0 aliphatic carbocycles. The zero-order valence-corrected chi connectivity index (χ0v) is 8.25. The SMILES string of the molecule is CC(=O)NCCCOc1cc[c]cc1. The quantitative estimate of drug-likeness (QED) is 0.716. The normalized spacial score (nSPS) is 9.50. The molecule has 0 aromatic heterocycles. The summed E-state index contributed by atoms with van der Waals surface area (Å²) in [6.45, 7) is 2.78. The van der Waals surface area contributed by atoms with Crippen molar-refractivity contribution < 1.29 is 9.53 Å². The Bertz CT molecular complexity index is 272. The number of hydrogen-bond acceptors (Lipinski definition) is 2. The lowest BCUT2D eigenvalue weighted by Crippen LogP contribution is -2.22. The van der Waals surface area contributed by atoms with Crippen LogP contribution < -0.4 is 10.1 Å².